The van der Waals surface area contributed by atoms with Crippen molar-refractivity contribution < 1.29 is 14.8 Å². The van der Waals surface area contributed by atoms with Gasteiger partial charge in [-0.1, -0.05) is 6.92 Å². The molecular formula is C16H24BrN5O4. The second-order valence-corrected chi connectivity index (χ2v) is 8.59. The van der Waals surface area contributed by atoms with Crippen molar-refractivity contribution in [3.05, 3.63) is 20.8 Å². The Morgan fingerprint density at radius 1 is 1.54 bits per heavy atom. The Morgan fingerprint density at radius 2 is 2.12 bits per heavy atom. The molecule has 1 aromatic heterocycles. The van der Waals surface area contributed by atoms with Gasteiger partial charge in [-0.15, -0.1) is 0 Å². The van der Waals surface area contributed by atoms with Crippen LogP contribution in [-0.4, -0.2) is 39.7 Å². The molecule has 4 N–H and O–H groups in total. The Hall–Kier alpha value is -2.10. The maximum absolute atomic E-state index is 11.4. The van der Waals surface area contributed by atoms with Gasteiger partial charge in [0.1, 0.15) is 5.69 Å². The minimum absolute atomic E-state index is 0.0696. The maximum atomic E-state index is 11.4. The van der Waals surface area contributed by atoms with E-state index in [0.29, 0.717) is 24.0 Å². The predicted octanol–water partition coefficient (Wildman–Crippen LogP) is 3.38. The van der Waals surface area contributed by atoms with Crippen molar-refractivity contribution in [1.82, 2.24) is 10.3 Å². The number of nitrogens with two attached hydrogens (primary N) is 1. The molecule has 0 spiro atoms. The van der Waals surface area contributed by atoms with Crippen molar-refractivity contribution in [2.45, 2.75) is 45.6 Å². The summed E-state index contributed by atoms with van der Waals surface area (Å²) in [6, 6.07) is 0. The first-order valence-electron chi connectivity index (χ1n) is 8.28. The molecular weight excluding hydrogens is 406 g/mol. The lowest BCUT2D eigenvalue weighted by Crippen LogP contribution is -2.49. The van der Waals surface area contributed by atoms with Crippen molar-refractivity contribution in [2.24, 2.45) is 5.41 Å². The second-order valence-electron chi connectivity index (χ2n) is 7.74. The summed E-state index contributed by atoms with van der Waals surface area (Å²) in [6.45, 7) is 7.03. The molecule has 0 radical (unpaired) electrons. The van der Waals surface area contributed by atoms with Crippen LogP contribution in [0.3, 0.4) is 0 Å². The van der Waals surface area contributed by atoms with Crippen LogP contribution in [0.1, 0.15) is 40.0 Å². The van der Waals surface area contributed by atoms with Gasteiger partial charge in [-0.25, -0.2) is 9.78 Å². The number of anilines is 2. The molecule has 144 valence electrons. The summed E-state index contributed by atoms with van der Waals surface area (Å²) in [5.41, 5.74) is 5.12. The topological polar surface area (TPSA) is 135 Å². The van der Waals surface area contributed by atoms with Gasteiger partial charge in [-0.05, 0) is 54.5 Å². The minimum atomic E-state index is -1.04. The van der Waals surface area contributed by atoms with Crippen LogP contribution in [0.4, 0.5) is 22.0 Å². The van der Waals surface area contributed by atoms with Crippen molar-refractivity contribution in [2.75, 3.05) is 23.7 Å². The van der Waals surface area contributed by atoms with E-state index in [2.05, 4.69) is 33.2 Å². The number of nitrogen functional groups attached to an aromatic ring is 1. The smallest absolute Gasteiger partial charge is 0.405 e. The summed E-state index contributed by atoms with van der Waals surface area (Å²) in [4.78, 5) is 28.0. The number of carboxylic acid groups (broad SMARTS) is 1. The summed E-state index contributed by atoms with van der Waals surface area (Å²) in [7, 11) is 0. The maximum Gasteiger partial charge on any atom is 0.405 e. The zero-order chi connectivity index (χ0) is 19.7. The fourth-order valence-electron chi connectivity index (χ4n) is 3.73. The van der Waals surface area contributed by atoms with E-state index < -0.39 is 16.6 Å². The normalized spacial score (nSPS) is 17.0. The predicted molar refractivity (Wildman–Crippen MR) is 102 cm³/mol. The summed E-state index contributed by atoms with van der Waals surface area (Å²) < 4.78 is 0.399. The van der Waals surface area contributed by atoms with Crippen molar-refractivity contribution in [3.8, 4) is 0 Å². The molecule has 1 aliphatic rings. The highest BCUT2D eigenvalue weighted by molar-refractivity contribution is 9.10. The molecule has 26 heavy (non-hydrogen) atoms. The first-order valence-corrected chi connectivity index (χ1v) is 9.08. The van der Waals surface area contributed by atoms with Crippen molar-refractivity contribution in [1.29, 1.82) is 0 Å². The van der Waals surface area contributed by atoms with E-state index in [1.165, 1.54) is 6.20 Å². The Morgan fingerprint density at radius 3 is 2.62 bits per heavy atom. The fourth-order valence-corrected chi connectivity index (χ4v) is 4.02. The van der Waals surface area contributed by atoms with E-state index in [-0.39, 0.29) is 22.6 Å². The molecule has 1 amide bonds. The second kappa shape index (κ2) is 7.26. The number of nitro groups is 1. The number of nitrogens with one attached hydrogen (secondary N) is 1. The third-order valence-corrected chi connectivity index (χ3v) is 5.42. The zero-order valence-corrected chi connectivity index (χ0v) is 16.7. The van der Waals surface area contributed by atoms with Crippen LogP contribution in [0.25, 0.3) is 0 Å². The number of piperidine rings is 1. The van der Waals surface area contributed by atoms with Crippen molar-refractivity contribution >= 4 is 39.2 Å². The molecule has 10 heteroatoms. The average Bonchev–Trinajstić information content (AvgIpc) is 2.48. The minimum Gasteiger partial charge on any atom is -0.465 e. The number of hydrogen-bond acceptors (Lipinski definition) is 6. The molecule has 1 aliphatic heterocycles. The van der Waals surface area contributed by atoms with Gasteiger partial charge in [0.25, 0.3) is 0 Å². The molecule has 0 atom stereocenters. The molecule has 0 aliphatic carbocycles. The standard InChI is InChI=1S/C16H24BrN5O4/c1-15(2,20-14(23)24)9-16(3)4-6-21(7-5-16)13-12(22(25)26)11(18)10(17)8-19-13/h8,20H,4-7,9H2,1-3H3,(H2,18,19)(H,23,24). The van der Waals surface area contributed by atoms with Gasteiger partial charge in [-0.2, -0.15) is 0 Å². The van der Waals surface area contributed by atoms with Gasteiger partial charge in [-0.3, -0.25) is 10.1 Å². The van der Waals surface area contributed by atoms with Gasteiger partial charge >= 0.3 is 11.8 Å². The Balaban J connectivity index is 2.15. The van der Waals surface area contributed by atoms with Crippen LogP contribution in [0.5, 0.6) is 0 Å². The highest BCUT2D eigenvalue weighted by atomic mass is 79.9. The number of nitrogens with zero attached hydrogens (tertiary/aromatic N) is 3. The third kappa shape index (κ3) is 4.54. The van der Waals surface area contributed by atoms with Gasteiger partial charge < -0.3 is 21.1 Å². The quantitative estimate of drug-likeness (QED) is 0.481. The van der Waals surface area contributed by atoms with Gasteiger partial charge in [0.05, 0.1) is 9.40 Å². The monoisotopic (exact) mass is 429 g/mol. The van der Waals surface area contributed by atoms with Crippen LogP contribution in [0, 0.1) is 15.5 Å². The van der Waals surface area contributed by atoms with Gasteiger partial charge in [0.15, 0.2) is 0 Å². The van der Waals surface area contributed by atoms with Gasteiger partial charge in [0, 0.05) is 24.8 Å². The first kappa shape index (κ1) is 20.2. The third-order valence-electron chi connectivity index (χ3n) is 4.79. The van der Waals surface area contributed by atoms with E-state index in [1.807, 2.05) is 18.7 Å². The Bertz CT molecular complexity index is 717. The molecule has 1 saturated heterocycles. The SMILES string of the molecule is CC1(CC(C)(C)NC(=O)O)CCN(c2ncc(Br)c(N)c2[N+](=O)[O-])CC1. The lowest BCUT2D eigenvalue weighted by atomic mass is 9.72. The lowest BCUT2D eigenvalue weighted by molar-refractivity contribution is -0.383. The van der Waals surface area contributed by atoms with E-state index in [0.717, 1.165) is 12.8 Å². The average molecular weight is 430 g/mol. The van der Waals surface area contributed by atoms with Crippen LogP contribution in [0.2, 0.25) is 0 Å². The number of halogens is 1. The molecule has 1 aromatic rings. The fraction of sp³-hybridized carbons (Fsp3) is 0.625. The number of rotatable bonds is 5. The van der Waals surface area contributed by atoms with E-state index in [1.54, 1.807) is 0 Å². The van der Waals surface area contributed by atoms with Gasteiger partial charge in [0.2, 0.25) is 5.82 Å². The molecule has 2 rings (SSSR count). The van der Waals surface area contributed by atoms with E-state index >= 15 is 0 Å². The largest absolute Gasteiger partial charge is 0.465 e. The highest BCUT2D eigenvalue weighted by Gasteiger charge is 2.38. The summed E-state index contributed by atoms with van der Waals surface area (Å²) >= 11 is 3.18. The molecule has 0 bridgehead atoms. The molecule has 2 heterocycles. The molecule has 1 fully saturated rings. The van der Waals surface area contributed by atoms with E-state index in [4.69, 9.17) is 10.8 Å². The number of hydrogen-bond donors (Lipinski definition) is 3. The molecule has 0 saturated carbocycles. The van der Waals surface area contributed by atoms with Crippen LogP contribution >= 0.6 is 15.9 Å². The summed E-state index contributed by atoms with van der Waals surface area (Å²) in [6.07, 6.45) is 2.66. The highest BCUT2D eigenvalue weighted by Crippen LogP contribution is 2.42. The van der Waals surface area contributed by atoms with Crippen molar-refractivity contribution in [3.63, 3.8) is 0 Å². The first-order chi connectivity index (χ1) is 11.9. The summed E-state index contributed by atoms with van der Waals surface area (Å²) in [5.74, 6) is 0.278. The van der Waals surface area contributed by atoms with Crippen LogP contribution < -0.4 is 16.0 Å². The van der Waals surface area contributed by atoms with Crippen LogP contribution in [-0.2, 0) is 0 Å². The number of aromatic nitrogens is 1. The Kier molecular flexibility index (Phi) is 5.64. The Labute approximate surface area is 160 Å². The zero-order valence-electron chi connectivity index (χ0n) is 15.1. The van der Waals surface area contributed by atoms with E-state index in [9.17, 15) is 14.9 Å². The molecule has 0 unspecified atom stereocenters. The number of carbonyl (C=O) groups is 1. The van der Waals surface area contributed by atoms with Crippen LogP contribution in [0.15, 0.2) is 10.7 Å². The molecule has 9 nitrogen and oxygen atoms in total. The number of pyridine rings is 1. The molecule has 0 aromatic carbocycles. The number of amides is 1. The lowest BCUT2D eigenvalue weighted by Gasteiger charge is -2.43. The summed E-state index contributed by atoms with van der Waals surface area (Å²) in [5, 5.41) is 23.0.